The van der Waals surface area contributed by atoms with Crippen molar-refractivity contribution in [1.82, 2.24) is 9.55 Å². The van der Waals surface area contributed by atoms with Gasteiger partial charge < -0.3 is 19.1 Å². The van der Waals surface area contributed by atoms with Crippen LogP contribution in [0.15, 0.2) is 18.3 Å². The minimum Gasteiger partial charge on any atom is -0.494 e. The Morgan fingerprint density at radius 3 is 2.91 bits per heavy atom. The minimum absolute atomic E-state index is 0.139. The number of carbonyl (C=O) groups is 1. The number of ether oxygens (including phenoxy) is 2. The maximum Gasteiger partial charge on any atom is 0.343 e. The number of pyridine rings is 1. The number of nitrogens with zero attached hydrogens (tertiary/aromatic N) is 2. The fourth-order valence-corrected chi connectivity index (χ4v) is 3.10. The molecule has 0 amide bonds. The van der Waals surface area contributed by atoms with E-state index in [1.807, 2.05) is 0 Å². The lowest BCUT2D eigenvalue weighted by atomic mass is 10.0. The second-order valence-corrected chi connectivity index (χ2v) is 5.29. The first kappa shape index (κ1) is 15.5. The summed E-state index contributed by atoms with van der Waals surface area (Å²) in [5.74, 6) is -1.09. The molecule has 0 aliphatic carbocycles. The van der Waals surface area contributed by atoms with Crippen molar-refractivity contribution in [2.75, 3.05) is 14.2 Å². The monoisotopic (exact) mass is 320 g/mol. The number of rotatable bonds is 3. The van der Waals surface area contributed by atoms with E-state index in [0.717, 1.165) is 0 Å². The zero-order valence-electron chi connectivity index (χ0n) is 12.9. The van der Waals surface area contributed by atoms with Gasteiger partial charge in [0.1, 0.15) is 5.56 Å². The molecule has 1 atom stereocenters. The summed E-state index contributed by atoms with van der Waals surface area (Å²) in [6, 6.07) is 3.17. The molecule has 0 saturated heterocycles. The van der Waals surface area contributed by atoms with Crippen molar-refractivity contribution in [2.24, 2.45) is 0 Å². The van der Waals surface area contributed by atoms with Gasteiger partial charge in [0.25, 0.3) is 0 Å². The number of aromatic nitrogens is 2. The van der Waals surface area contributed by atoms with Gasteiger partial charge in [-0.1, -0.05) is 0 Å². The second kappa shape index (κ2) is 6.00. The Hall–Kier alpha value is -2.41. The molecule has 6 nitrogen and oxygen atoms in total. The fraction of sp³-hybridized carbons (Fsp3) is 0.375. The lowest BCUT2D eigenvalue weighted by Gasteiger charge is -2.23. The zero-order valence-corrected chi connectivity index (χ0v) is 12.9. The maximum absolute atomic E-state index is 14.2. The number of methoxy groups -OCH3 is 2. The van der Waals surface area contributed by atoms with Crippen molar-refractivity contribution in [1.29, 1.82) is 0 Å². The Bertz CT molecular complexity index is 757. The summed E-state index contributed by atoms with van der Waals surface area (Å²) in [5.41, 5.74) is 1.15. The SMILES string of the molecule is COC(=O)c1c(OC)c(-c2cccnc2F)n2c1C(O)CCC2. The second-order valence-electron chi connectivity index (χ2n) is 5.29. The molecule has 1 aliphatic rings. The average molecular weight is 320 g/mol. The Balaban J connectivity index is 2.36. The highest BCUT2D eigenvalue weighted by molar-refractivity contribution is 5.97. The predicted molar refractivity (Wildman–Crippen MR) is 79.7 cm³/mol. The van der Waals surface area contributed by atoms with Gasteiger partial charge >= 0.3 is 5.97 Å². The number of halogens is 1. The van der Waals surface area contributed by atoms with E-state index in [9.17, 15) is 14.3 Å². The Kier molecular flexibility index (Phi) is 4.04. The van der Waals surface area contributed by atoms with E-state index in [1.54, 1.807) is 16.7 Å². The Morgan fingerprint density at radius 2 is 2.26 bits per heavy atom. The summed E-state index contributed by atoms with van der Waals surface area (Å²) in [7, 11) is 2.66. The fourth-order valence-electron chi connectivity index (χ4n) is 3.10. The van der Waals surface area contributed by atoms with Crippen LogP contribution in [0.1, 0.15) is 35.0 Å². The molecular formula is C16H17FN2O4. The third-order valence-electron chi connectivity index (χ3n) is 4.04. The third-order valence-corrected chi connectivity index (χ3v) is 4.04. The number of hydrogen-bond acceptors (Lipinski definition) is 5. The molecule has 3 heterocycles. The molecule has 2 aromatic heterocycles. The van der Waals surface area contributed by atoms with Gasteiger partial charge in [-0.2, -0.15) is 4.39 Å². The molecule has 0 saturated carbocycles. The molecule has 7 heteroatoms. The van der Waals surface area contributed by atoms with Crippen molar-refractivity contribution in [3.8, 4) is 17.0 Å². The largest absolute Gasteiger partial charge is 0.494 e. The summed E-state index contributed by atoms with van der Waals surface area (Å²) in [6.45, 7) is 0.545. The van der Waals surface area contributed by atoms with Gasteiger partial charge in [-0.15, -0.1) is 0 Å². The van der Waals surface area contributed by atoms with Crippen LogP contribution in [0.2, 0.25) is 0 Å². The van der Waals surface area contributed by atoms with Crippen LogP contribution in [0.25, 0.3) is 11.3 Å². The number of fused-ring (bicyclic) bond motifs is 1. The normalized spacial score (nSPS) is 16.8. The summed E-state index contributed by atoms with van der Waals surface area (Å²) in [4.78, 5) is 15.9. The summed E-state index contributed by atoms with van der Waals surface area (Å²) in [6.07, 6.45) is 1.75. The van der Waals surface area contributed by atoms with E-state index in [-0.39, 0.29) is 16.9 Å². The van der Waals surface area contributed by atoms with Gasteiger partial charge in [0.05, 0.1) is 37.3 Å². The van der Waals surface area contributed by atoms with E-state index in [1.165, 1.54) is 20.4 Å². The molecule has 1 unspecified atom stereocenters. The number of carbonyl (C=O) groups excluding carboxylic acids is 1. The Morgan fingerprint density at radius 1 is 1.48 bits per heavy atom. The first-order chi connectivity index (χ1) is 11.1. The highest BCUT2D eigenvalue weighted by Gasteiger charge is 2.35. The first-order valence-electron chi connectivity index (χ1n) is 7.27. The number of aliphatic hydroxyl groups excluding tert-OH is 1. The number of hydrogen-bond donors (Lipinski definition) is 1. The van der Waals surface area contributed by atoms with E-state index in [0.29, 0.717) is 30.8 Å². The van der Waals surface area contributed by atoms with Crippen molar-refractivity contribution in [3.63, 3.8) is 0 Å². The standard InChI is InChI=1S/C16H17FN2O4/c1-22-14-11(16(21)23-2)13-10(20)6-4-8-19(13)12(14)9-5-3-7-18-15(9)17/h3,5,7,10,20H,4,6,8H2,1-2H3. The van der Waals surface area contributed by atoms with Gasteiger partial charge in [0, 0.05) is 12.7 Å². The van der Waals surface area contributed by atoms with Crippen molar-refractivity contribution in [3.05, 3.63) is 35.5 Å². The molecular weight excluding hydrogens is 303 g/mol. The van der Waals surface area contributed by atoms with E-state index in [2.05, 4.69) is 4.98 Å². The lowest BCUT2D eigenvalue weighted by Crippen LogP contribution is -2.18. The van der Waals surface area contributed by atoms with Crippen LogP contribution >= 0.6 is 0 Å². The molecule has 2 aromatic rings. The zero-order chi connectivity index (χ0) is 16.6. The van der Waals surface area contributed by atoms with E-state index in [4.69, 9.17) is 9.47 Å². The van der Waals surface area contributed by atoms with Gasteiger partial charge in [0.15, 0.2) is 5.75 Å². The van der Waals surface area contributed by atoms with Gasteiger partial charge in [0.2, 0.25) is 5.95 Å². The van der Waals surface area contributed by atoms with Crippen molar-refractivity contribution >= 4 is 5.97 Å². The van der Waals surface area contributed by atoms with Crippen molar-refractivity contribution in [2.45, 2.75) is 25.5 Å². The van der Waals surface area contributed by atoms with Gasteiger partial charge in [-0.05, 0) is 25.0 Å². The lowest BCUT2D eigenvalue weighted by molar-refractivity contribution is 0.0584. The molecule has 0 bridgehead atoms. The van der Waals surface area contributed by atoms with Crippen LogP contribution in [0.5, 0.6) is 5.75 Å². The molecule has 0 spiro atoms. The summed E-state index contributed by atoms with van der Waals surface area (Å²) >= 11 is 0. The number of aliphatic hydroxyl groups is 1. The van der Waals surface area contributed by atoms with Crippen LogP contribution in [0.4, 0.5) is 4.39 Å². The van der Waals surface area contributed by atoms with Crippen LogP contribution in [0, 0.1) is 5.95 Å². The molecule has 1 aliphatic heterocycles. The quantitative estimate of drug-likeness (QED) is 0.694. The minimum atomic E-state index is -0.833. The maximum atomic E-state index is 14.2. The molecule has 122 valence electrons. The van der Waals surface area contributed by atoms with Gasteiger partial charge in [-0.3, -0.25) is 0 Å². The van der Waals surface area contributed by atoms with Crippen LogP contribution in [0.3, 0.4) is 0 Å². The summed E-state index contributed by atoms with van der Waals surface area (Å²) < 4.78 is 26.1. The predicted octanol–water partition coefficient (Wildman–Crippen LogP) is 2.31. The van der Waals surface area contributed by atoms with Crippen molar-refractivity contribution < 1.29 is 23.8 Å². The average Bonchev–Trinajstić information content (AvgIpc) is 2.90. The highest BCUT2D eigenvalue weighted by atomic mass is 19.1. The Labute approximate surface area is 132 Å². The summed E-state index contributed by atoms with van der Waals surface area (Å²) in [5, 5.41) is 10.3. The third kappa shape index (κ3) is 2.37. The van der Waals surface area contributed by atoms with Crippen LogP contribution < -0.4 is 4.74 Å². The molecule has 0 fully saturated rings. The first-order valence-corrected chi connectivity index (χ1v) is 7.27. The van der Waals surface area contributed by atoms with Gasteiger partial charge in [-0.25, -0.2) is 9.78 Å². The molecule has 3 rings (SSSR count). The topological polar surface area (TPSA) is 73.6 Å². The molecule has 1 N–H and O–H groups in total. The number of esters is 1. The molecule has 23 heavy (non-hydrogen) atoms. The van der Waals surface area contributed by atoms with Crippen LogP contribution in [-0.2, 0) is 11.3 Å². The van der Waals surface area contributed by atoms with E-state index >= 15 is 0 Å². The highest BCUT2D eigenvalue weighted by Crippen LogP contribution is 2.44. The smallest absolute Gasteiger partial charge is 0.343 e. The van der Waals surface area contributed by atoms with E-state index < -0.39 is 18.0 Å². The molecule has 0 radical (unpaired) electrons. The molecule has 0 aromatic carbocycles. The van der Waals surface area contributed by atoms with Crippen LogP contribution in [-0.4, -0.2) is 34.8 Å².